The molecular formula is C28H32N2O5. The smallest absolute Gasteiger partial charge is 0.407 e. The summed E-state index contributed by atoms with van der Waals surface area (Å²) in [7, 11) is 0. The van der Waals surface area contributed by atoms with Crippen molar-refractivity contribution in [3.05, 3.63) is 59.7 Å². The molecule has 2 fully saturated rings. The zero-order valence-electron chi connectivity index (χ0n) is 19.8. The van der Waals surface area contributed by atoms with E-state index in [1.807, 2.05) is 24.3 Å². The van der Waals surface area contributed by atoms with Crippen molar-refractivity contribution >= 4 is 18.0 Å². The Morgan fingerprint density at radius 1 is 1.00 bits per heavy atom. The lowest BCUT2D eigenvalue weighted by atomic mass is 9.66. The van der Waals surface area contributed by atoms with Gasteiger partial charge in [-0.2, -0.15) is 0 Å². The maximum absolute atomic E-state index is 13.0. The van der Waals surface area contributed by atoms with Crippen molar-refractivity contribution in [2.24, 2.45) is 11.3 Å². The molecule has 3 aliphatic rings. The van der Waals surface area contributed by atoms with Crippen LogP contribution in [0.15, 0.2) is 48.5 Å². The Morgan fingerprint density at radius 3 is 2.17 bits per heavy atom. The number of nitrogens with one attached hydrogen (secondary N) is 2. The lowest BCUT2D eigenvalue weighted by Crippen LogP contribution is -2.51. The normalized spacial score (nSPS) is 18.5. The minimum Gasteiger partial charge on any atom is -0.481 e. The number of benzene rings is 2. The van der Waals surface area contributed by atoms with E-state index in [4.69, 9.17) is 4.74 Å². The zero-order chi connectivity index (χ0) is 24.4. The molecule has 0 saturated heterocycles. The first-order valence-corrected chi connectivity index (χ1v) is 12.6. The quantitative estimate of drug-likeness (QED) is 0.470. The highest BCUT2D eigenvalue weighted by Crippen LogP contribution is 2.45. The molecule has 5 rings (SSSR count). The van der Waals surface area contributed by atoms with E-state index in [9.17, 15) is 19.5 Å². The molecule has 3 N–H and O–H groups in total. The summed E-state index contributed by atoms with van der Waals surface area (Å²) in [5, 5.41) is 14.9. The fourth-order valence-corrected chi connectivity index (χ4v) is 5.51. The Hall–Kier alpha value is -3.35. The van der Waals surface area contributed by atoms with Gasteiger partial charge in [0.2, 0.25) is 5.91 Å². The molecule has 0 unspecified atom stereocenters. The molecule has 35 heavy (non-hydrogen) atoms. The summed E-state index contributed by atoms with van der Waals surface area (Å²) in [5.74, 6) is -0.720. The second-order valence-electron chi connectivity index (χ2n) is 10.3. The van der Waals surface area contributed by atoms with Crippen LogP contribution in [0.3, 0.4) is 0 Å². The number of hydrogen-bond donors (Lipinski definition) is 3. The van der Waals surface area contributed by atoms with E-state index in [1.54, 1.807) is 0 Å². The number of ether oxygens (including phenoxy) is 1. The standard InChI is InChI=1S/C28H32N2O5/c31-25(32)15-28(12-5-13-28)17-29-26(33)24(14-18-10-11-18)30-27(34)35-16-23-21-8-3-1-6-19(21)20-7-2-4-9-22(20)23/h1-4,6-9,18,23-24H,5,10-17H2,(H,29,33)(H,30,34)(H,31,32)/t24-/m0/s1. The molecule has 7 nitrogen and oxygen atoms in total. The molecule has 7 heteroatoms. The molecule has 184 valence electrons. The first-order valence-electron chi connectivity index (χ1n) is 12.6. The third-order valence-electron chi connectivity index (χ3n) is 7.80. The summed E-state index contributed by atoms with van der Waals surface area (Å²) in [5.41, 5.74) is 4.23. The Morgan fingerprint density at radius 2 is 1.63 bits per heavy atom. The molecule has 2 saturated carbocycles. The van der Waals surface area contributed by atoms with Crippen LogP contribution in [-0.2, 0) is 14.3 Å². The third kappa shape index (κ3) is 5.19. The van der Waals surface area contributed by atoms with Crippen LogP contribution in [0.5, 0.6) is 0 Å². The molecule has 1 atom stereocenters. The van der Waals surface area contributed by atoms with Crippen LogP contribution in [0.2, 0.25) is 0 Å². The van der Waals surface area contributed by atoms with Gasteiger partial charge in [-0.05, 0) is 52.8 Å². The van der Waals surface area contributed by atoms with Crippen molar-refractivity contribution in [3.8, 4) is 11.1 Å². The minimum atomic E-state index is -0.842. The number of aliphatic carboxylic acids is 1. The Balaban J connectivity index is 1.19. The van der Waals surface area contributed by atoms with Gasteiger partial charge in [0.25, 0.3) is 0 Å². The lowest BCUT2D eigenvalue weighted by Gasteiger charge is -2.41. The number of carbonyl (C=O) groups is 3. The van der Waals surface area contributed by atoms with Gasteiger partial charge in [0.15, 0.2) is 0 Å². The van der Waals surface area contributed by atoms with Crippen molar-refractivity contribution in [2.75, 3.05) is 13.2 Å². The summed E-state index contributed by atoms with van der Waals surface area (Å²) in [4.78, 5) is 37.0. The SMILES string of the molecule is O=C(O)CC1(CNC(=O)[C@H](CC2CC2)NC(=O)OCC2c3ccccc3-c3ccccc32)CCC1. The van der Waals surface area contributed by atoms with Gasteiger partial charge in [-0.25, -0.2) is 4.79 Å². The van der Waals surface area contributed by atoms with Crippen LogP contribution in [0.4, 0.5) is 4.79 Å². The van der Waals surface area contributed by atoms with Crippen molar-refractivity contribution in [3.63, 3.8) is 0 Å². The number of alkyl carbamates (subject to hydrolysis) is 1. The Kier molecular flexibility index (Phi) is 6.50. The lowest BCUT2D eigenvalue weighted by molar-refractivity contribution is -0.142. The number of carbonyl (C=O) groups excluding carboxylic acids is 2. The number of carboxylic acids is 1. The molecule has 0 aromatic heterocycles. The minimum absolute atomic E-state index is 0.0432. The van der Waals surface area contributed by atoms with Gasteiger partial charge in [0.1, 0.15) is 12.6 Å². The summed E-state index contributed by atoms with van der Waals surface area (Å²) >= 11 is 0. The number of carboxylic acid groups (broad SMARTS) is 1. The summed E-state index contributed by atoms with van der Waals surface area (Å²) in [6.45, 7) is 0.519. The van der Waals surface area contributed by atoms with E-state index in [0.29, 0.717) is 18.9 Å². The number of fused-ring (bicyclic) bond motifs is 3. The van der Waals surface area contributed by atoms with E-state index >= 15 is 0 Å². The van der Waals surface area contributed by atoms with E-state index in [1.165, 1.54) is 0 Å². The molecule has 0 radical (unpaired) electrons. The molecule has 0 heterocycles. The van der Waals surface area contributed by atoms with Crippen molar-refractivity contribution in [1.29, 1.82) is 0 Å². The van der Waals surface area contributed by atoms with Crippen molar-refractivity contribution < 1.29 is 24.2 Å². The van der Waals surface area contributed by atoms with E-state index < -0.39 is 18.1 Å². The first kappa shape index (κ1) is 23.4. The largest absolute Gasteiger partial charge is 0.481 e. The van der Waals surface area contributed by atoms with Crippen LogP contribution < -0.4 is 10.6 Å². The first-order chi connectivity index (χ1) is 16.9. The second kappa shape index (κ2) is 9.72. The number of amides is 2. The topological polar surface area (TPSA) is 105 Å². The molecule has 0 aliphatic heterocycles. The van der Waals surface area contributed by atoms with Gasteiger partial charge in [-0.15, -0.1) is 0 Å². The monoisotopic (exact) mass is 476 g/mol. The molecule has 2 amide bonds. The van der Waals surface area contributed by atoms with Crippen LogP contribution >= 0.6 is 0 Å². The summed E-state index contributed by atoms with van der Waals surface area (Å²) in [6.07, 6.45) is 4.71. The van der Waals surface area contributed by atoms with Crippen molar-refractivity contribution in [1.82, 2.24) is 10.6 Å². The summed E-state index contributed by atoms with van der Waals surface area (Å²) < 4.78 is 5.64. The predicted octanol–water partition coefficient (Wildman–Crippen LogP) is 4.46. The summed E-state index contributed by atoms with van der Waals surface area (Å²) in [6, 6.07) is 15.6. The fourth-order valence-electron chi connectivity index (χ4n) is 5.51. The average Bonchev–Trinajstić information content (AvgIpc) is 3.59. The maximum Gasteiger partial charge on any atom is 0.407 e. The highest BCUT2D eigenvalue weighted by molar-refractivity contribution is 5.86. The van der Waals surface area contributed by atoms with Crippen LogP contribution in [-0.4, -0.2) is 42.3 Å². The van der Waals surface area contributed by atoms with Gasteiger partial charge >= 0.3 is 12.1 Å². The van der Waals surface area contributed by atoms with Crippen molar-refractivity contribution in [2.45, 2.75) is 56.9 Å². The number of rotatable bonds is 10. The van der Waals surface area contributed by atoms with E-state index in [2.05, 4.69) is 34.9 Å². The predicted molar refractivity (Wildman–Crippen MR) is 131 cm³/mol. The van der Waals surface area contributed by atoms with Gasteiger partial charge in [-0.3, -0.25) is 9.59 Å². The van der Waals surface area contributed by atoms with Crippen LogP contribution in [0, 0.1) is 11.3 Å². The van der Waals surface area contributed by atoms with Gasteiger partial charge in [-0.1, -0.05) is 67.8 Å². The van der Waals surface area contributed by atoms with Gasteiger partial charge in [0.05, 0.1) is 6.42 Å². The molecular weight excluding hydrogens is 444 g/mol. The van der Waals surface area contributed by atoms with E-state index in [0.717, 1.165) is 54.4 Å². The zero-order valence-corrected chi connectivity index (χ0v) is 19.8. The highest BCUT2D eigenvalue weighted by atomic mass is 16.5. The van der Waals surface area contributed by atoms with Crippen LogP contribution in [0.1, 0.15) is 62.0 Å². The molecule has 3 aliphatic carbocycles. The van der Waals surface area contributed by atoms with Gasteiger partial charge < -0.3 is 20.5 Å². The molecule has 0 bridgehead atoms. The fraction of sp³-hybridized carbons (Fsp3) is 0.464. The Bertz CT molecular complexity index is 1080. The number of hydrogen-bond acceptors (Lipinski definition) is 4. The van der Waals surface area contributed by atoms with Crippen LogP contribution in [0.25, 0.3) is 11.1 Å². The Labute approximate surface area is 205 Å². The molecule has 0 spiro atoms. The van der Waals surface area contributed by atoms with Gasteiger partial charge in [0, 0.05) is 12.5 Å². The van der Waals surface area contributed by atoms with E-state index in [-0.39, 0.29) is 30.3 Å². The maximum atomic E-state index is 13.0. The molecule has 2 aromatic carbocycles. The molecule has 2 aromatic rings. The average molecular weight is 477 g/mol. The second-order valence-corrected chi connectivity index (χ2v) is 10.3. The highest BCUT2D eigenvalue weighted by Gasteiger charge is 2.40. The third-order valence-corrected chi connectivity index (χ3v) is 7.80.